The second-order valence-corrected chi connectivity index (χ2v) is 7.77. The molecule has 0 radical (unpaired) electrons. The van der Waals surface area contributed by atoms with Gasteiger partial charge >= 0.3 is 0 Å². The third-order valence-corrected chi connectivity index (χ3v) is 5.83. The van der Waals surface area contributed by atoms with E-state index in [9.17, 15) is 0 Å². The Hall–Kier alpha value is -0.380. The molecule has 3 atom stereocenters. The monoisotopic (exact) mass is 278 g/mol. The van der Waals surface area contributed by atoms with Gasteiger partial charge in [0.05, 0.1) is 0 Å². The fourth-order valence-corrected chi connectivity index (χ4v) is 4.92. The second kappa shape index (κ2) is 5.55. The maximum Gasteiger partial charge on any atom is 0.0305 e. The van der Waals surface area contributed by atoms with E-state index >= 15 is 0 Å². The Morgan fingerprint density at radius 3 is 2.89 bits per heavy atom. The first-order valence-corrected chi connectivity index (χ1v) is 8.52. The van der Waals surface area contributed by atoms with Crippen molar-refractivity contribution < 1.29 is 0 Å². The van der Waals surface area contributed by atoms with Crippen LogP contribution in [0, 0.1) is 13.8 Å². The molecular formula is C16H26N2S. The van der Waals surface area contributed by atoms with Crippen molar-refractivity contribution in [3.05, 3.63) is 21.4 Å². The van der Waals surface area contributed by atoms with E-state index in [1.807, 2.05) is 11.3 Å². The summed E-state index contributed by atoms with van der Waals surface area (Å²) < 4.78 is 0. The van der Waals surface area contributed by atoms with E-state index in [2.05, 4.69) is 37.1 Å². The number of thiophene rings is 1. The van der Waals surface area contributed by atoms with Gasteiger partial charge < -0.3 is 10.2 Å². The molecule has 1 aromatic heterocycles. The summed E-state index contributed by atoms with van der Waals surface area (Å²) in [6.45, 7) is 9.44. The van der Waals surface area contributed by atoms with Crippen LogP contribution >= 0.6 is 11.3 Å². The smallest absolute Gasteiger partial charge is 0.0305 e. The Kier molecular flexibility index (Phi) is 3.97. The Labute approximate surface area is 121 Å². The van der Waals surface area contributed by atoms with E-state index in [1.54, 1.807) is 0 Å². The molecule has 0 bridgehead atoms. The zero-order valence-corrected chi connectivity index (χ0v) is 13.2. The van der Waals surface area contributed by atoms with Crippen molar-refractivity contribution in [2.24, 2.45) is 0 Å². The standard InChI is InChI=1S/C16H26N2S/c1-11-9-16(13(3)19-11)12(2)17-14-6-8-18-7-4-5-15(18)10-14/h9,12,14-15,17H,4-8,10H2,1-3H3. The minimum Gasteiger partial charge on any atom is -0.307 e. The van der Waals surface area contributed by atoms with Crippen molar-refractivity contribution in [3.8, 4) is 0 Å². The van der Waals surface area contributed by atoms with Crippen molar-refractivity contribution in [2.45, 2.75) is 64.6 Å². The number of rotatable bonds is 3. The van der Waals surface area contributed by atoms with Gasteiger partial charge in [0.15, 0.2) is 0 Å². The van der Waals surface area contributed by atoms with Crippen molar-refractivity contribution in [2.75, 3.05) is 13.1 Å². The number of hydrogen-bond donors (Lipinski definition) is 1. The average molecular weight is 278 g/mol. The summed E-state index contributed by atoms with van der Waals surface area (Å²) in [6.07, 6.45) is 5.51. The molecule has 0 saturated carbocycles. The number of aryl methyl sites for hydroxylation is 2. The maximum atomic E-state index is 3.88. The lowest BCUT2D eigenvalue weighted by Gasteiger charge is -2.36. The first kappa shape index (κ1) is 13.6. The summed E-state index contributed by atoms with van der Waals surface area (Å²) >= 11 is 1.93. The molecule has 1 N–H and O–H groups in total. The van der Waals surface area contributed by atoms with Crippen LogP contribution < -0.4 is 5.32 Å². The van der Waals surface area contributed by atoms with E-state index in [0.717, 1.165) is 6.04 Å². The molecule has 2 aliphatic heterocycles. The fraction of sp³-hybridized carbons (Fsp3) is 0.750. The minimum absolute atomic E-state index is 0.503. The largest absolute Gasteiger partial charge is 0.307 e. The number of nitrogens with one attached hydrogen (secondary N) is 1. The molecular weight excluding hydrogens is 252 g/mol. The molecule has 3 unspecified atom stereocenters. The molecule has 2 aliphatic rings. The second-order valence-electron chi connectivity index (χ2n) is 6.31. The quantitative estimate of drug-likeness (QED) is 0.908. The molecule has 2 nitrogen and oxygen atoms in total. The van der Waals surface area contributed by atoms with Crippen LogP contribution in [0.5, 0.6) is 0 Å². The Morgan fingerprint density at radius 1 is 1.32 bits per heavy atom. The molecule has 0 aliphatic carbocycles. The summed E-state index contributed by atoms with van der Waals surface area (Å²) in [5, 5.41) is 3.88. The van der Waals surface area contributed by atoms with Gasteiger partial charge in [-0.2, -0.15) is 0 Å². The Bertz CT molecular complexity index is 440. The number of nitrogens with zero attached hydrogens (tertiary/aromatic N) is 1. The molecule has 3 heteroatoms. The summed E-state index contributed by atoms with van der Waals surface area (Å²) in [6, 6.07) is 4.45. The van der Waals surface area contributed by atoms with Crippen LogP contribution in [-0.4, -0.2) is 30.1 Å². The van der Waals surface area contributed by atoms with E-state index in [4.69, 9.17) is 0 Å². The van der Waals surface area contributed by atoms with Crippen LogP contribution in [0.4, 0.5) is 0 Å². The third kappa shape index (κ3) is 2.88. The first-order chi connectivity index (χ1) is 9.13. The van der Waals surface area contributed by atoms with Crippen LogP contribution in [0.3, 0.4) is 0 Å². The maximum absolute atomic E-state index is 3.88. The van der Waals surface area contributed by atoms with Crippen LogP contribution in [0.2, 0.25) is 0 Å². The van der Waals surface area contributed by atoms with Crippen LogP contribution in [0.15, 0.2) is 6.07 Å². The van der Waals surface area contributed by atoms with Crippen LogP contribution in [-0.2, 0) is 0 Å². The summed E-state index contributed by atoms with van der Waals surface area (Å²) in [5.74, 6) is 0. The third-order valence-electron chi connectivity index (χ3n) is 4.85. The highest BCUT2D eigenvalue weighted by molar-refractivity contribution is 7.12. The topological polar surface area (TPSA) is 15.3 Å². The van der Waals surface area contributed by atoms with Gasteiger partial charge in [-0.3, -0.25) is 0 Å². The Morgan fingerprint density at radius 2 is 2.16 bits per heavy atom. The van der Waals surface area contributed by atoms with Gasteiger partial charge in [0.1, 0.15) is 0 Å². The lowest BCUT2D eigenvalue weighted by Crippen LogP contribution is -2.46. The van der Waals surface area contributed by atoms with Crippen molar-refractivity contribution in [3.63, 3.8) is 0 Å². The van der Waals surface area contributed by atoms with Gasteiger partial charge in [-0.15, -0.1) is 11.3 Å². The van der Waals surface area contributed by atoms with Crippen molar-refractivity contribution >= 4 is 11.3 Å². The molecule has 0 spiro atoms. The van der Waals surface area contributed by atoms with E-state index in [0.29, 0.717) is 12.1 Å². The summed E-state index contributed by atoms with van der Waals surface area (Å²) in [5.41, 5.74) is 1.51. The van der Waals surface area contributed by atoms with Gasteiger partial charge in [-0.05, 0) is 71.2 Å². The minimum atomic E-state index is 0.503. The van der Waals surface area contributed by atoms with Gasteiger partial charge in [-0.25, -0.2) is 0 Å². The molecule has 2 saturated heterocycles. The van der Waals surface area contributed by atoms with Crippen molar-refractivity contribution in [1.29, 1.82) is 0 Å². The van der Waals surface area contributed by atoms with Gasteiger partial charge in [0, 0.05) is 27.9 Å². The Balaban J connectivity index is 1.60. The van der Waals surface area contributed by atoms with Gasteiger partial charge in [0.2, 0.25) is 0 Å². The fourth-order valence-electron chi connectivity index (χ4n) is 3.90. The summed E-state index contributed by atoms with van der Waals surface area (Å²) in [4.78, 5) is 5.62. The van der Waals surface area contributed by atoms with Crippen LogP contribution in [0.25, 0.3) is 0 Å². The zero-order chi connectivity index (χ0) is 13.4. The van der Waals surface area contributed by atoms with Gasteiger partial charge in [0.25, 0.3) is 0 Å². The van der Waals surface area contributed by atoms with E-state index in [1.165, 1.54) is 54.1 Å². The molecule has 3 rings (SSSR count). The lowest BCUT2D eigenvalue weighted by molar-refractivity contribution is 0.162. The predicted molar refractivity (Wildman–Crippen MR) is 83.0 cm³/mol. The number of piperidine rings is 1. The number of hydrogen-bond acceptors (Lipinski definition) is 3. The normalized spacial score (nSPS) is 29.4. The van der Waals surface area contributed by atoms with E-state index in [-0.39, 0.29) is 0 Å². The van der Waals surface area contributed by atoms with Crippen molar-refractivity contribution in [1.82, 2.24) is 10.2 Å². The zero-order valence-electron chi connectivity index (χ0n) is 12.4. The lowest BCUT2D eigenvalue weighted by atomic mass is 9.96. The first-order valence-electron chi connectivity index (χ1n) is 7.70. The van der Waals surface area contributed by atoms with E-state index < -0.39 is 0 Å². The van der Waals surface area contributed by atoms with Gasteiger partial charge in [-0.1, -0.05) is 0 Å². The highest BCUT2D eigenvalue weighted by Crippen LogP contribution is 2.30. The molecule has 1 aromatic rings. The molecule has 106 valence electrons. The summed E-state index contributed by atoms with van der Waals surface area (Å²) in [7, 11) is 0. The molecule has 3 heterocycles. The molecule has 0 aromatic carbocycles. The highest BCUT2D eigenvalue weighted by Gasteiger charge is 2.32. The highest BCUT2D eigenvalue weighted by atomic mass is 32.1. The molecule has 0 amide bonds. The van der Waals surface area contributed by atoms with Crippen LogP contribution in [0.1, 0.15) is 54.0 Å². The number of fused-ring (bicyclic) bond motifs is 1. The molecule has 2 fully saturated rings. The SMILES string of the molecule is Cc1cc(C(C)NC2CCN3CCCC3C2)c(C)s1. The predicted octanol–water partition coefficient (Wildman–Crippen LogP) is 3.64. The molecule has 19 heavy (non-hydrogen) atoms. The average Bonchev–Trinajstić information content (AvgIpc) is 2.94.